The summed E-state index contributed by atoms with van der Waals surface area (Å²) in [6.07, 6.45) is 2.25. The van der Waals surface area contributed by atoms with E-state index in [0.29, 0.717) is 24.7 Å². The second-order valence-electron chi connectivity index (χ2n) is 7.30. The first-order valence-corrected chi connectivity index (χ1v) is 9.48. The van der Waals surface area contributed by atoms with Gasteiger partial charge in [-0.1, -0.05) is 17.3 Å². The normalized spacial score (nSPS) is 16.7. The van der Waals surface area contributed by atoms with Crippen LogP contribution in [0.1, 0.15) is 23.7 Å². The zero-order chi connectivity index (χ0) is 20.0. The summed E-state index contributed by atoms with van der Waals surface area (Å²) >= 11 is 0. The van der Waals surface area contributed by atoms with Crippen molar-refractivity contribution in [2.45, 2.75) is 19.3 Å². The van der Waals surface area contributed by atoms with Crippen molar-refractivity contribution in [2.75, 3.05) is 18.6 Å². The van der Waals surface area contributed by atoms with Gasteiger partial charge in [0.15, 0.2) is 5.82 Å². The van der Waals surface area contributed by atoms with Crippen LogP contribution in [0.15, 0.2) is 53.2 Å². The highest BCUT2D eigenvalue weighted by atomic mass is 16.5. The molecule has 7 nitrogen and oxygen atoms in total. The van der Waals surface area contributed by atoms with Crippen molar-refractivity contribution >= 4 is 22.5 Å². The summed E-state index contributed by atoms with van der Waals surface area (Å²) in [4.78, 5) is 22.2. The topological polar surface area (TPSA) is 84.2 Å². The number of ether oxygens (including phenoxy) is 1. The Morgan fingerprint density at radius 2 is 2.10 bits per heavy atom. The predicted octanol–water partition coefficient (Wildman–Crippen LogP) is 4.06. The molecule has 0 saturated carbocycles. The Balaban J connectivity index is 1.41. The third-order valence-electron chi connectivity index (χ3n) is 5.44. The van der Waals surface area contributed by atoms with E-state index < -0.39 is 0 Å². The van der Waals surface area contributed by atoms with Gasteiger partial charge in [0.05, 0.1) is 12.8 Å². The van der Waals surface area contributed by atoms with Gasteiger partial charge in [0, 0.05) is 42.2 Å². The molecule has 1 unspecified atom stereocenters. The van der Waals surface area contributed by atoms with E-state index in [-0.39, 0.29) is 11.8 Å². The van der Waals surface area contributed by atoms with Crippen molar-refractivity contribution in [3.8, 4) is 17.2 Å². The minimum absolute atomic E-state index is 0.0468. The van der Waals surface area contributed by atoms with E-state index in [9.17, 15) is 4.79 Å². The maximum absolute atomic E-state index is 12.7. The number of nitrogens with zero attached hydrogens (tertiary/aromatic N) is 3. The minimum atomic E-state index is -0.111. The smallest absolute Gasteiger partial charge is 0.258 e. The third-order valence-corrected chi connectivity index (χ3v) is 5.44. The maximum atomic E-state index is 12.7. The molecule has 0 aliphatic carbocycles. The van der Waals surface area contributed by atoms with Crippen molar-refractivity contribution in [1.82, 2.24) is 15.1 Å². The van der Waals surface area contributed by atoms with Gasteiger partial charge in [-0.2, -0.15) is 4.98 Å². The molecule has 1 aliphatic rings. The molecule has 1 fully saturated rings. The molecule has 146 valence electrons. The number of H-pyrrole nitrogens is 1. The number of anilines is 1. The molecule has 29 heavy (non-hydrogen) atoms. The average molecular weight is 388 g/mol. The number of benzene rings is 2. The van der Waals surface area contributed by atoms with Crippen molar-refractivity contribution < 1.29 is 14.1 Å². The zero-order valence-corrected chi connectivity index (χ0v) is 16.2. The fourth-order valence-corrected chi connectivity index (χ4v) is 3.82. The fourth-order valence-electron chi connectivity index (χ4n) is 3.82. The quantitative estimate of drug-likeness (QED) is 0.570. The number of nitrogens with one attached hydrogen (secondary N) is 1. The number of rotatable bonds is 4. The van der Waals surface area contributed by atoms with Gasteiger partial charge >= 0.3 is 0 Å². The molecule has 2 aromatic heterocycles. The predicted molar refractivity (Wildman–Crippen MR) is 109 cm³/mol. The molecule has 5 rings (SSSR count). The third kappa shape index (κ3) is 3.04. The molecule has 3 heterocycles. The molecule has 1 saturated heterocycles. The van der Waals surface area contributed by atoms with Gasteiger partial charge in [0.1, 0.15) is 5.75 Å². The molecule has 0 spiro atoms. The Hall–Kier alpha value is -3.61. The lowest BCUT2D eigenvalue weighted by Gasteiger charge is -2.19. The first-order valence-electron chi connectivity index (χ1n) is 9.48. The molecule has 0 radical (unpaired) electrons. The van der Waals surface area contributed by atoms with Gasteiger partial charge in [-0.3, -0.25) is 4.79 Å². The van der Waals surface area contributed by atoms with Gasteiger partial charge in [-0.15, -0.1) is 0 Å². The number of aryl methyl sites for hydroxylation is 1. The Labute approximate surface area is 167 Å². The molecular formula is C22H20N4O3. The van der Waals surface area contributed by atoms with E-state index in [1.54, 1.807) is 12.0 Å². The first kappa shape index (κ1) is 17.5. The van der Waals surface area contributed by atoms with E-state index in [1.165, 1.54) is 0 Å². The summed E-state index contributed by atoms with van der Waals surface area (Å²) in [5, 5.41) is 5.29. The summed E-state index contributed by atoms with van der Waals surface area (Å²) in [7, 11) is 1.62. The van der Waals surface area contributed by atoms with Gasteiger partial charge in [-0.05, 0) is 42.1 Å². The van der Waals surface area contributed by atoms with Crippen LogP contribution in [0.4, 0.5) is 5.69 Å². The van der Waals surface area contributed by atoms with Crippen LogP contribution >= 0.6 is 0 Å². The molecular weight excluding hydrogens is 368 g/mol. The number of hydrogen-bond donors (Lipinski definition) is 1. The Kier molecular flexibility index (Phi) is 4.08. The van der Waals surface area contributed by atoms with Crippen LogP contribution in [0.2, 0.25) is 0 Å². The SMILES string of the molecule is COc1ccc(C)c(N2CC(c3noc(-c4ccc5cc[nH]c5c4)n3)CC2=O)c1. The molecule has 7 heteroatoms. The number of aromatic nitrogens is 3. The Morgan fingerprint density at radius 3 is 2.97 bits per heavy atom. The second-order valence-corrected chi connectivity index (χ2v) is 7.30. The average Bonchev–Trinajstić information content (AvgIpc) is 3.47. The number of carbonyl (C=O) groups is 1. The molecule has 4 aromatic rings. The lowest BCUT2D eigenvalue weighted by Crippen LogP contribution is -2.25. The number of fused-ring (bicyclic) bond motifs is 1. The molecule has 2 aromatic carbocycles. The molecule has 1 amide bonds. The van der Waals surface area contributed by atoms with Crippen LogP contribution in [0, 0.1) is 6.92 Å². The first-order chi connectivity index (χ1) is 14.1. The maximum Gasteiger partial charge on any atom is 0.258 e. The van der Waals surface area contributed by atoms with Gasteiger partial charge < -0.3 is 19.1 Å². The highest BCUT2D eigenvalue weighted by Gasteiger charge is 2.35. The van der Waals surface area contributed by atoms with E-state index in [1.807, 2.05) is 55.6 Å². The van der Waals surface area contributed by atoms with Crippen molar-refractivity contribution in [3.05, 3.63) is 60.0 Å². The van der Waals surface area contributed by atoms with Gasteiger partial charge in [0.25, 0.3) is 5.89 Å². The highest BCUT2D eigenvalue weighted by molar-refractivity contribution is 5.97. The molecule has 1 atom stereocenters. The number of methoxy groups -OCH3 is 1. The van der Waals surface area contributed by atoms with E-state index in [4.69, 9.17) is 9.26 Å². The highest BCUT2D eigenvalue weighted by Crippen LogP contribution is 2.35. The zero-order valence-electron chi connectivity index (χ0n) is 16.2. The summed E-state index contributed by atoms with van der Waals surface area (Å²) in [6, 6.07) is 13.7. The Morgan fingerprint density at radius 1 is 1.21 bits per heavy atom. The Bertz CT molecular complexity index is 1210. The van der Waals surface area contributed by atoms with Gasteiger partial charge in [-0.25, -0.2) is 0 Å². The molecule has 0 bridgehead atoms. The second kappa shape index (κ2) is 6.77. The van der Waals surface area contributed by atoms with Gasteiger partial charge in [0.2, 0.25) is 5.91 Å². The summed E-state index contributed by atoms with van der Waals surface area (Å²) in [5.41, 5.74) is 3.74. The van der Waals surface area contributed by atoms with E-state index >= 15 is 0 Å². The summed E-state index contributed by atoms with van der Waals surface area (Å²) < 4.78 is 10.8. The standard InChI is InChI=1S/C22H20N4O3/c1-13-3-6-17(28-2)11-19(13)26-12-16(10-20(26)27)21-24-22(29-25-21)15-5-4-14-7-8-23-18(14)9-15/h3-9,11,16,23H,10,12H2,1-2H3. The summed E-state index contributed by atoms with van der Waals surface area (Å²) in [6.45, 7) is 2.50. The van der Waals surface area contributed by atoms with Crippen molar-refractivity contribution in [2.24, 2.45) is 0 Å². The molecule has 1 N–H and O–H groups in total. The number of carbonyl (C=O) groups excluding carboxylic acids is 1. The minimum Gasteiger partial charge on any atom is -0.497 e. The molecule has 1 aliphatic heterocycles. The number of amides is 1. The van der Waals surface area contributed by atoms with Crippen molar-refractivity contribution in [1.29, 1.82) is 0 Å². The lowest BCUT2D eigenvalue weighted by molar-refractivity contribution is -0.117. The van der Waals surface area contributed by atoms with Crippen LogP contribution in [0.25, 0.3) is 22.4 Å². The van der Waals surface area contributed by atoms with Crippen LogP contribution in [-0.2, 0) is 4.79 Å². The fraction of sp³-hybridized carbons (Fsp3) is 0.227. The number of aromatic amines is 1. The van der Waals surface area contributed by atoms with Crippen LogP contribution in [0.3, 0.4) is 0 Å². The van der Waals surface area contributed by atoms with Crippen LogP contribution < -0.4 is 9.64 Å². The van der Waals surface area contributed by atoms with Crippen molar-refractivity contribution in [3.63, 3.8) is 0 Å². The van der Waals surface area contributed by atoms with Crippen LogP contribution in [-0.4, -0.2) is 34.7 Å². The number of hydrogen-bond acceptors (Lipinski definition) is 5. The van der Waals surface area contributed by atoms with E-state index in [2.05, 4.69) is 15.1 Å². The van der Waals surface area contributed by atoms with E-state index in [0.717, 1.165) is 33.5 Å². The lowest BCUT2D eigenvalue weighted by atomic mass is 10.1. The monoisotopic (exact) mass is 388 g/mol. The van der Waals surface area contributed by atoms with Crippen LogP contribution in [0.5, 0.6) is 5.75 Å². The largest absolute Gasteiger partial charge is 0.497 e. The summed E-state index contributed by atoms with van der Waals surface area (Å²) in [5.74, 6) is 1.68.